The Kier molecular flexibility index (Phi) is 7.03. The molecule has 1 fully saturated rings. The monoisotopic (exact) mass is 596 g/mol. The molecule has 11 nitrogen and oxygen atoms in total. The van der Waals surface area contributed by atoms with Gasteiger partial charge in [-0.05, 0) is 61.6 Å². The van der Waals surface area contributed by atoms with E-state index in [4.69, 9.17) is 9.47 Å². The predicted octanol–water partition coefficient (Wildman–Crippen LogP) is 4.50. The van der Waals surface area contributed by atoms with Crippen LogP contribution in [-0.2, 0) is 19.2 Å². The zero-order valence-corrected chi connectivity index (χ0v) is 24.1. The summed E-state index contributed by atoms with van der Waals surface area (Å²) in [5.74, 6) is -3.78. The molecule has 2 aromatic carbocycles. The van der Waals surface area contributed by atoms with E-state index in [0.29, 0.717) is 22.3 Å². The van der Waals surface area contributed by atoms with Gasteiger partial charge in [-0.1, -0.05) is 23.8 Å². The Hall–Kier alpha value is -5.32. The minimum Gasteiger partial charge on any atom is -0.502 e. The van der Waals surface area contributed by atoms with E-state index in [1.807, 2.05) is 6.08 Å². The fraction of sp³-hybridized carbons (Fsp3) is 0.273. The van der Waals surface area contributed by atoms with E-state index in [9.17, 15) is 34.4 Å². The molecule has 0 spiro atoms. The van der Waals surface area contributed by atoms with E-state index < -0.39 is 40.4 Å². The molecule has 4 atom stereocenters. The van der Waals surface area contributed by atoms with Gasteiger partial charge < -0.3 is 14.6 Å². The van der Waals surface area contributed by atoms with Crippen LogP contribution in [0.1, 0.15) is 25.3 Å². The van der Waals surface area contributed by atoms with Crippen molar-refractivity contribution in [2.75, 3.05) is 19.1 Å². The third kappa shape index (κ3) is 4.43. The molecule has 1 saturated heterocycles. The van der Waals surface area contributed by atoms with E-state index in [2.05, 4.69) is 0 Å². The van der Waals surface area contributed by atoms with Crippen molar-refractivity contribution in [2.45, 2.75) is 19.8 Å². The first kappa shape index (κ1) is 28.8. The molecular formula is C33H28N2O9. The number of non-ortho nitro benzene ring substituents is 1. The second-order valence-corrected chi connectivity index (χ2v) is 11.2. The highest BCUT2D eigenvalue weighted by Crippen LogP contribution is 2.53. The number of nitrogens with zero attached hydrogens (tertiary/aromatic N) is 2. The van der Waals surface area contributed by atoms with Crippen molar-refractivity contribution in [3.8, 4) is 17.2 Å². The van der Waals surface area contributed by atoms with Crippen molar-refractivity contribution >= 4 is 40.8 Å². The van der Waals surface area contributed by atoms with Gasteiger partial charge in [0.25, 0.3) is 5.69 Å². The van der Waals surface area contributed by atoms with E-state index in [0.717, 1.165) is 10.5 Å². The van der Waals surface area contributed by atoms with Crippen molar-refractivity contribution in [1.82, 2.24) is 0 Å². The van der Waals surface area contributed by atoms with Crippen LogP contribution in [-0.4, -0.2) is 47.6 Å². The summed E-state index contributed by atoms with van der Waals surface area (Å²) in [6.07, 6.45) is 7.15. The Labute approximate surface area is 251 Å². The number of ether oxygens (including phenoxy) is 2. The smallest absolute Gasteiger partial charge is 0.269 e. The number of aromatic hydroxyl groups is 1. The van der Waals surface area contributed by atoms with Gasteiger partial charge in [0.05, 0.1) is 36.7 Å². The first-order valence-electron chi connectivity index (χ1n) is 14.0. The average Bonchev–Trinajstić information content (AvgIpc) is 3.27. The van der Waals surface area contributed by atoms with Gasteiger partial charge >= 0.3 is 0 Å². The molecule has 0 saturated carbocycles. The molecule has 4 unspecified atom stereocenters. The largest absolute Gasteiger partial charge is 0.502 e. The molecule has 1 aliphatic heterocycles. The summed E-state index contributed by atoms with van der Waals surface area (Å²) in [6, 6.07) is 8.46. The number of allylic oxidation sites excluding steroid dienone is 7. The second kappa shape index (κ2) is 10.7. The summed E-state index contributed by atoms with van der Waals surface area (Å²) in [5, 5.41) is 21.5. The highest BCUT2D eigenvalue weighted by atomic mass is 16.6. The third-order valence-corrected chi connectivity index (χ3v) is 8.91. The summed E-state index contributed by atoms with van der Waals surface area (Å²) in [7, 11) is 2.82. The zero-order chi connectivity index (χ0) is 31.4. The van der Waals surface area contributed by atoms with Gasteiger partial charge in [-0.15, -0.1) is 0 Å². The van der Waals surface area contributed by atoms with Crippen molar-refractivity contribution in [3.05, 3.63) is 92.6 Å². The quantitative estimate of drug-likeness (QED) is 0.167. The molecule has 3 aliphatic carbocycles. The van der Waals surface area contributed by atoms with Crippen LogP contribution in [0.5, 0.6) is 17.2 Å². The van der Waals surface area contributed by atoms with Crippen LogP contribution in [0.4, 0.5) is 11.4 Å². The number of carbonyl (C=O) groups is 4. The molecule has 4 aliphatic rings. The number of amides is 2. The summed E-state index contributed by atoms with van der Waals surface area (Å²) in [6.45, 7) is 1.58. The Morgan fingerprint density at radius 2 is 1.66 bits per heavy atom. The molecule has 44 heavy (non-hydrogen) atoms. The van der Waals surface area contributed by atoms with Crippen LogP contribution in [0.3, 0.4) is 0 Å². The summed E-state index contributed by atoms with van der Waals surface area (Å²) in [5.41, 5.74) is 2.45. The maximum Gasteiger partial charge on any atom is 0.269 e. The lowest BCUT2D eigenvalue weighted by atomic mass is 9.60. The average molecular weight is 597 g/mol. The maximum absolute atomic E-state index is 13.9. The maximum atomic E-state index is 13.9. The number of carbonyl (C=O) groups excluding carboxylic acids is 4. The van der Waals surface area contributed by atoms with Gasteiger partial charge in [0.15, 0.2) is 23.1 Å². The number of fused-ring (bicyclic) bond motifs is 3. The van der Waals surface area contributed by atoms with Crippen LogP contribution in [0, 0.1) is 33.8 Å². The van der Waals surface area contributed by atoms with Crippen LogP contribution >= 0.6 is 0 Å². The molecule has 0 bridgehead atoms. The minimum atomic E-state index is -0.773. The van der Waals surface area contributed by atoms with Gasteiger partial charge in [-0.3, -0.25) is 34.2 Å². The van der Waals surface area contributed by atoms with E-state index in [1.54, 1.807) is 31.2 Å². The Bertz CT molecular complexity index is 1760. The van der Waals surface area contributed by atoms with Gasteiger partial charge in [0.2, 0.25) is 17.6 Å². The number of rotatable bonds is 6. The number of anilines is 1. The van der Waals surface area contributed by atoms with Gasteiger partial charge in [-0.25, -0.2) is 0 Å². The number of nitro benzene ring substituents is 1. The summed E-state index contributed by atoms with van der Waals surface area (Å²) >= 11 is 0. The molecular weight excluding hydrogens is 568 g/mol. The molecule has 224 valence electrons. The molecule has 1 heterocycles. The van der Waals surface area contributed by atoms with E-state index in [1.165, 1.54) is 44.6 Å². The van der Waals surface area contributed by atoms with Gasteiger partial charge in [-0.2, -0.15) is 0 Å². The molecule has 11 heteroatoms. The first-order chi connectivity index (χ1) is 21.0. The molecule has 2 amide bonds. The molecule has 0 aromatic heterocycles. The Morgan fingerprint density at radius 1 is 1.00 bits per heavy atom. The Morgan fingerprint density at radius 3 is 2.27 bits per heavy atom. The van der Waals surface area contributed by atoms with Crippen molar-refractivity contribution in [3.63, 3.8) is 0 Å². The lowest BCUT2D eigenvalue weighted by Crippen LogP contribution is -2.40. The SMILES string of the molecule is COc1cc(C=CC2C3=CCC4C(=O)N(c5ccc([N+](=O)[O-])cc5)C(=O)C4C3CC3=C2C(=O)C=C(C)C3=O)cc(OC)c1O. The zero-order valence-electron chi connectivity index (χ0n) is 24.1. The van der Waals surface area contributed by atoms with E-state index in [-0.39, 0.29) is 53.0 Å². The number of Topliss-reactive ketones (excluding diaryl/α,β-unsaturated/α-hetero) is 1. The highest BCUT2D eigenvalue weighted by Gasteiger charge is 2.56. The number of methoxy groups -OCH3 is 2. The lowest BCUT2D eigenvalue weighted by molar-refractivity contribution is -0.384. The van der Waals surface area contributed by atoms with Crippen molar-refractivity contribution in [2.24, 2.45) is 23.7 Å². The number of phenols is 1. The number of benzene rings is 2. The first-order valence-corrected chi connectivity index (χ1v) is 14.0. The van der Waals surface area contributed by atoms with Crippen LogP contribution in [0.25, 0.3) is 6.08 Å². The molecule has 0 radical (unpaired) electrons. The van der Waals surface area contributed by atoms with Crippen LogP contribution < -0.4 is 14.4 Å². The second-order valence-electron chi connectivity index (χ2n) is 11.2. The summed E-state index contributed by atoms with van der Waals surface area (Å²) < 4.78 is 10.5. The topological polar surface area (TPSA) is 153 Å². The predicted molar refractivity (Wildman–Crippen MR) is 158 cm³/mol. The van der Waals surface area contributed by atoms with E-state index >= 15 is 0 Å². The number of hydrogen-bond donors (Lipinski definition) is 1. The number of hydrogen-bond acceptors (Lipinski definition) is 9. The van der Waals surface area contributed by atoms with Crippen molar-refractivity contribution < 1.29 is 38.7 Å². The highest BCUT2D eigenvalue weighted by molar-refractivity contribution is 6.24. The van der Waals surface area contributed by atoms with Gasteiger partial charge in [0.1, 0.15) is 0 Å². The number of imide groups is 1. The fourth-order valence-corrected chi connectivity index (χ4v) is 6.86. The standard InChI is InChI=1S/C33H28N2O9/c1-16-12-25(36)28-21(9-4-17-13-26(43-2)31(38)27(14-17)44-3)20-10-11-22-29(23(20)15-24(28)30(16)37)33(40)34(32(22)39)18-5-7-19(8-6-18)35(41)42/h4-10,12-14,21-23,29,38H,11,15H2,1-3H3. The third-order valence-electron chi connectivity index (χ3n) is 8.91. The Balaban J connectivity index is 1.41. The van der Waals surface area contributed by atoms with Crippen molar-refractivity contribution in [1.29, 1.82) is 0 Å². The normalized spacial score (nSPS) is 24.6. The molecule has 1 N–H and O–H groups in total. The van der Waals surface area contributed by atoms with Crippen LogP contribution in [0.2, 0.25) is 0 Å². The fourth-order valence-electron chi connectivity index (χ4n) is 6.86. The molecule has 2 aromatic rings. The summed E-state index contributed by atoms with van der Waals surface area (Å²) in [4.78, 5) is 66.0. The number of phenolic OH excluding ortho intramolecular Hbond substituents is 1. The number of nitro groups is 1. The molecule has 6 rings (SSSR count). The lowest BCUT2D eigenvalue weighted by Gasteiger charge is -2.41. The van der Waals surface area contributed by atoms with Gasteiger partial charge in [0, 0.05) is 34.8 Å². The number of ketones is 2. The van der Waals surface area contributed by atoms with Crippen LogP contribution in [0.15, 0.2) is 76.9 Å². The minimum absolute atomic E-state index is 0.135.